The molecule has 136 valence electrons. The van der Waals surface area contributed by atoms with Gasteiger partial charge in [0.25, 0.3) is 5.56 Å². The Morgan fingerprint density at radius 3 is 2.67 bits per heavy atom. The zero-order valence-electron chi connectivity index (χ0n) is 14.7. The molecule has 1 unspecified atom stereocenters. The van der Waals surface area contributed by atoms with Gasteiger partial charge >= 0.3 is 0 Å². The minimum absolute atomic E-state index is 0.269. The van der Waals surface area contributed by atoms with Crippen molar-refractivity contribution in [2.24, 2.45) is 0 Å². The maximum Gasteiger partial charge on any atom is 0.276 e. The van der Waals surface area contributed by atoms with Crippen LogP contribution in [0.2, 0.25) is 5.02 Å². The number of hydrogen-bond donors (Lipinski definition) is 1. The number of benzene rings is 2. The standard InChI is InChI=1S/C20H16ClN3O2S/c1-11-18-17(13-7-3-6-10-16(13)27-18)20(26)24(23-11)12(2)19(25)22-15-9-5-4-8-14(15)21/h3-10,12H,1-2H3,(H,22,25). The molecular formula is C20H16ClN3O2S. The minimum Gasteiger partial charge on any atom is -0.323 e. The van der Waals surface area contributed by atoms with E-state index in [2.05, 4.69) is 10.4 Å². The number of anilines is 1. The normalized spacial score (nSPS) is 12.4. The van der Waals surface area contributed by atoms with E-state index in [1.807, 2.05) is 31.2 Å². The summed E-state index contributed by atoms with van der Waals surface area (Å²) in [5, 5.41) is 9.11. The summed E-state index contributed by atoms with van der Waals surface area (Å²) in [5.41, 5.74) is 0.959. The molecule has 7 heteroatoms. The van der Waals surface area contributed by atoms with Gasteiger partial charge in [0.05, 0.1) is 26.5 Å². The second-order valence-electron chi connectivity index (χ2n) is 6.28. The Hall–Kier alpha value is -2.70. The van der Waals surface area contributed by atoms with Crippen LogP contribution in [0.1, 0.15) is 18.7 Å². The van der Waals surface area contributed by atoms with Gasteiger partial charge in [-0.05, 0) is 32.0 Å². The Morgan fingerprint density at radius 2 is 1.89 bits per heavy atom. The quantitative estimate of drug-likeness (QED) is 0.541. The smallest absolute Gasteiger partial charge is 0.276 e. The molecule has 0 aliphatic rings. The van der Waals surface area contributed by atoms with Crippen molar-refractivity contribution in [3.05, 3.63) is 69.6 Å². The molecule has 27 heavy (non-hydrogen) atoms. The Bertz CT molecular complexity index is 1250. The molecule has 0 bridgehead atoms. The summed E-state index contributed by atoms with van der Waals surface area (Å²) < 4.78 is 3.14. The summed E-state index contributed by atoms with van der Waals surface area (Å²) in [5.74, 6) is -0.351. The van der Waals surface area contributed by atoms with E-state index < -0.39 is 6.04 Å². The van der Waals surface area contributed by atoms with Gasteiger partial charge in [-0.25, -0.2) is 4.68 Å². The first-order chi connectivity index (χ1) is 13.0. The van der Waals surface area contributed by atoms with Crippen molar-refractivity contribution in [2.45, 2.75) is 19.9 Å². The fourth-order valence-electron chi connectivity index (χ4n) is 3.05. The predicted octanol–water partition coefficient (Wildman–Crippen LogP) is 4.77. The molecule has 4 aromatic rings. The van der Waals surface area contributed by atoms with Gasteiger partial charge in [0.1, 0.15) is 6.04 Å². The number of amides is 1. The summed E-state index contributed by atoms with van der Waals surface area (Å²) in [6.45, 7) is 3.51. The fourth-order valence-corrected chi connectivity index (χ4v) is 4.37. The molecule has 0 aliphatic carbocycles. The van der Waals surface area contributed by atoms with Crippen LogP contribution in [0.4, 0.5) is 5.69 Å². The van der Waals surface area contributed by atoms with Gasteiger partial charge in [-0.15, -0.1) is 11.3 Å². The molecule has 0 saturated heterocycles. The van der Waals surface area contributed by atoms with E-state index in [1.165, 1.54) is 4.68 Å². The molecule has 0 aliphatic heterocycles. The van der Waals surface area contributed by atoms with E-state index in [-0.39, 0.29) is 11.5 Å². The second-order valence-corrected chi connectivity index (χ2v) is 7.74. The number of rotatable bonds is 3. The predicted molar refractivity (Wildman–Crippen MR) is 111 cm³/mol. The molecule has 2 heterocycles. The summed E-state index contributed by atoms with van der Waals surface area (Å²) in [7, 11) is 0. The highest BCUT2D eigenvalue weighted by Crippen LogP contribution is 2.33. The van der Waals surface area contributed by atoms with E-state index >= 15 is 0 Å². The van der Waals surface area contributed by atoms with Gasteiger partial charge in [0.2, 0.25) is 5.91 Å². The van der Waals surface area contributed by atoms with E-state index in [0.29, 0.717) is 16.1 Å². The summed E-state index contributed by atoms with van der Waals surface area (Å²) in [6, 6.07) is 13.9. The summed E-state index contributed by atoms with van der Waals surface area (Å²) in [4.78, 5) is 25.8. The Labute approximate surface area is 164 Å². The van der Waals surface area contributed by atoms with Crippen LogP contribution in [0.25, 0.3) is 20.2 Å². The van der Waals surface area contributed by atoms with Crippen molar-refractivity contribution >= 4 is 54.7 Å². The highest BCUT2D eigenvalue weighted by molar-refractivity contribution is 7.26. The van der Waals surface area contributed by atoms with Crippen molar-refractivity contribution in [1.82, 2.24) is 9.78 Å². The van der Waals surface area contributed by atoms with Crippen LogP contribution < -0.4 is 10.9 Å². The highest BCUT2D eigenvalue weighted by atomic mass is 35.5. The zero-order chi connectivity index (χ0) is 19.1. The molecule has 0 radical (unpaired) electrons. The molecule has 1 amide bonds. The molecule has 0 fully saturated rings. The fraction of sp³-hybridized carbons (Fsp3) is 0.150. The number of fused-ring (bicyclic) bond motifs is 3. The average Bonchev–Trinajstić information content (AvgIpc) is 3.06. The first kappa shape index (κ1) is 17.7. The van der Waals surface area contributed by atoms with Crippen molar-refractivity contribution in [2.75, 3.05) is 5.32 Å². The maximum atomic E-state index is 13.1. The number of hydrogen-bond acceptors (Lipinski definition) is 4. The van der Waals surface area contributed by atoms with E-state index in [0.717, 1.165) is 20.5 Å². The molecule has 5 nitrogen and oxygen atoms in total. The molecule has 0 saturated carbocycles. The number of carbonyl (C=O) groups excluding carboxylic acids is 1. The molecule has 2 aromatic carbocycles. The topological polar surface area (TPSA) is 64.0 Å². The van der Waals surface area contributed by atoms with Gasteiger partial charge in [-0.2, -0.15) is 5.10 Å². The van der Waals surface area contributed by atoms with Crippen LogP contribution in [-0.2, 0) is 4.79 Å². The number of aromatic nitrogens is 2. The molecule has 0 spiro atoms. The molecular weight excluding hydrogens is 382 g/mol. The van der Waals surface area contributed by atoms with Crippen LogP contribution in [0.3, 0.4) is 0 Å². The van der Waals surface area contributed by atoms with Gasteiger partial charge in [0.15, 0.2) is 0 Å². The van der Waals surface area contributed by atoms with Gasteiger partial charge < -0.3 is 5.32 Å². The lowest BCUT2D eigenvalue weighted by molar-refractivity contribution is -0.119. The zero-order valence-corrected chi connectivity index (χ0v) is 16.3. The van der Waals surface area contributed by atoms with Gasteiger partial charge in [-0.3, -0.25) is 9.59 Å². The number of carbonyl (C=O) groups is 1. The largest absolute Gasteiger partial charge is 0.323 e. The second kappa shape index (κ2) is 6.79. The van der Waals surface area contributed by atoms with Crippen LogP contribution in [-0.4, -0.2) is 15.7 Å². The Morgan fingerprint density at radius 1 is 1.19 bits per heavy atom. The van der Waals surface area contributed by atoms with Crippen molar-refractivity contribution in [3.63, 3.8) is 0 Å². The lowest BCUT2D eigenvalue weighted by atomic mass is 10.2. The monoisotopic (exact) mass is 397 g/mol. The Kier molecular flexibility index (Phi) is 4.45. The number of thiophene rings is 1. The van der Waals surface area contributed by atoms with E-state index in [1.54, 1.807) is 42.5 Å². The first-order valence-corrected chi connectivity index (χ1v) is 9.63. The van der Waals surface area contributed by atoms with Crippen LogP contribution in [0.5, 0.6) is 0 Å². The maximum absolute atomic E-state index is 13.1. The number of nitrogens with one attached hydrogen (secondary N) is 1. The molecule has 2 aromatic heterocycles. The van der Waals surface area contributed by atoms with E-state index in [4.69, 9.17) is 11.6 Å². The number of para-hydroxylation sites is 1. The van der Waals surface area contributed by atoms with Crippen LogP contribution in [0, 0.1) is 6.92 Å². The molecule has 4 rings (SSSR count). The molecule has 1 N–H and O–H groups in total. The lowest BCUT2D eigenvalue weighted by Crippen LogP contribution is -2.33. The van der Waals surface area contributed by atoms with Crippen molar-refractivity contribution in [3.8, 4) is 0 Å². The third kappa shape index (κ3) is 3.01. The SMILES string of the molecule is Cc1nn(C(C)C(=O)Nc2ccccc2Cl)c(=O)c2c1sc1ccccc12. The van der Waals surface area contributed by atoms with Crippen LogP contribution in [0.15, 0.2) is 53.3 Å². The first-order valence-electron chi connectivity index (χ1n) is 8.43. The van der Waals surface area contributed by atoms with Gasteiger partial charge in [-0.1, -0.05) is 41.9 Å². The number of aryl methyl sites for hydroxylation is 1. The summed E-state index contributed by atoms with van der Waals surface area (Å²) >= 11 is 7.65. The van der Waals surface area contributed by atoms with Crippen molar-refractivity contribution < 1.29 is 4.79 Å². The number of nitrogens with zero attached hydrogens (tertiary/aromatic N) is 2. The van der Waals surface area contributed by atoms with Crippen LogP contribution >= 0.6 is 22.9 Å². The van der Waals surface area contributed by atoms with E-state index in [9.17, 15) is 9.59 Å². The van der Waals surface area contributed by atoms with Gasteiger partial charge in [0, 0.05) is 10.1 Å². The minimum atomic E-state index is -0.782. The molecule has 1 atom stereocenters. The lowest BCUT2D eigenvalue weighted by Gasteiger charge is -2.15. The summed E-state index contributed by atoms with van der Waals surface area (Å²) in [6.07, 6.45) is 0. The third-order valence-corrected chi connectivity index (χ3v) is 6.09. The average molecular weight is 398 g/mol. The highest BCUT2D eigenvalue weighted by Gasteiger charge is 2.22. The Balaban J connectivity index is 1.80. The van der Waals surface area contributed by atoms with Crippen molar-refractivity contribution in [1.29, 1.82) is 0 Å². The number of halogens is 1. The third-order valence-electron chi connectivity index (χ3n) is 4.48.